The normalized spacial score (nSPS) is 13.5. The van der Waals surface area contributed by atoms with E-state index in [4.69, 9.17) is 0 Å². The average Bonchev–Trinajstić information content (AvgIpc) is 2.49. The molecule has 1 unspecified atom stereocenters. The summed E-state index contributed by atoms with van der Waals surface area (Å²) in [6, 6.07) is 18.2. The summed E-state index contributed by atoms with van der Waals surface area (Å²) in [5, 5.41) is 12.6. The Morgan fingerprint density at radius 2 is 1.89 bits per heavy atom. The van der Waals surface area contributed by atoms with Crippen molar-refractivity contribution in [1.29, 1.82) is 5.26 Å². The Labute approximate surface area is 113 Å². The van der Waals surface area contributed by atoms with Gasteiger partial charge in [-0.05, 0) is 24.6 Å². The first-order valence-electron chi connectivity index (χ1n) is 6.40. The van der Waals surface area contributed by atoms with E-state index in [0.29, 0.717) is 6.54 Å². The second-order valence-electron chi connectivity index (χ2n) is 4.48. The van der Waals surface area contributed by atoms with Crippen molar-refractivity contribution < 1.29 is 0 Å². The van der Waals surface area contributed by atoms with Crippen molar-refractivity contribution >= 4 is 0 Å². The van der Waals surface area contributed by atoms with Crippen LogP contribution in [-0.4, -0.2) is 11.5 Å². The number of pyridine rings is 1. The van der Waals surface area contributed by atoms with Gasteiger partial charge in [0.05, 0.1) is 17.7 Å². The first-order chi connectivity index (χ1) is 9.31. The predicted octanol–water partition coefficient (Wildman–Crippen LogP) is 3.04. The van der Waals surface area contributed by atoms with Crippen LogP contribution in [0.5, 0.6) is 0 Å². The largest absolute Gasteiger partial charge is 0.307 e. The molecule has 2 aromatic rings. The van der Waals surface area contributed by atoms with Crippen LogP contribution in [0.4, 0.5) is 0 Å². The topological polar surface area (TPSA) is 48.7 Å². The molecule has 1 heterocycles. The summed E-state index contributed by atoms with van der Waals surface area (Å²) < 4.78 is 0. The zero-order chi connectivity index (χ0) is 13.5. The van der Waals surface area contributed by atoms with Crippen LogP contribution in [-0.2, 0) is 0 Å². The van der Waals surface area contributed by atoms with Crippen molar-refractivity contribution in [2.45, 2.75) is 18.9 Å². The maximum atomic E-state index is 9.26. The van der Waals surface area contributed by atoms with Gasteiger partial charge in [0.1, 0.15) is 0 Å². The molecule has 0 radical (unpaired) electrons. The zero-order valence-corrected chi connectivity index (χ0v) is 11.0. The molecule has 0 aliphatic rings. The van der Waals surface area contributed by atoms with Gasteiger partial charge in [-0.15, -0.1) is 0 Å². The molecule has 96 valence electrons. The molecular weight excluding hydrogens is 234 g/mol. The van der Waals surface area contributed by atoms with Gasteiger partial charge in [0.2, 0.25) is 0 Å². The summed E-state index contributed by atoms with van der Waals surface area (Å²) >= 11 is 0. The van der Waals surface area contributed by atoms with E-state index < -0.39 is 0 Å². The van der Waals surface area contributed by atoms with E-state index in [-0.39, 0.29) is 12.0 Å². The number of hydrogen-bond acceptors (Lipinski definition) is 3. The molecule has 19 heavy (non-hydrogen) atoms. The van der Waals surface area contributed by atoms with Gasteiger partial charge in [0, 0.05) is 18.8 Å². The number of aromatic nitrogens is 1. The first kappa shape index (κ1) is 13.3. The second-order valence-corrected chi connectivity index (χ2v) is 4.48. The minimum atomic E-state index is -0.132. The van der Waals surface area contributed by atoms with Gasteiger partial charge in [-0.2, -0.15) is 5.26 Å². The molecular formula is C16H17N3. The van der Waals surface area contributed by atoms with Gasteiger partial charge in [0.25, 0.3) is 0 Å². The molecule has 2 rings (SSSR count). The highest BCUT2D eigenvalue weighted by atomic mass is 14.9. The first-order valence-corrected chi connectivity index (χ1v) is 6.40. The smallest absolute Gasteiger partial charge is 0.0837 e. The minimum absolute atomic E-state index is 0.132. The lowest BCUT2D eigenvalue weighted by Crippen LogP contribution is -2.24. The molecule has 0 aliphatic carbocycles. The van der Waals surface area contributed by atoms with E-state index in [2.05, 4.69) is 23.3 Å². The lowest BCUT2D eigenvalue weighted by molar-refractivity contribution is 0.547. The van der Waals surface area contributed by atoms with Crippen molar-refractivity contribution in [3.05, 3.63) is 66.0 Å². The Kier molecular flexibility index (Phi) is 4.66. The fourth-order valence-electron chi connectivity index (χ4n) is 1.95. The van der Waals surface area contributed by atoms with Crippen LogP contribution in [0.3, 0.4) is 0 Å². The standard InChI is InChI=1S/C16H17N3/c1-13(16-9-5-6-10-18-16)19-12-15(11-17)14-7-3-2-4-8-14/h2-10,13,15,19H,12H2,1H3/t13-,15?/m1/s1. The predicted molar refractivity (Wildman–Crippen MR) is 75.5 cm³/mol. The fourth-order valence-corrected chi connectivity index (χ4v) is 1.95. The van der Waals surface area contributed by atoms with E-state index in [1.165, 1.54) is 0 Å². The van der Waals surface area contributed by atoms with Gasteiger partial charge in [-0.3, -0.25) is 4.98 Å². The van der Waals surface area contributed by atoms with Crippen LogP contribution < -0.4 is 5.32 Å². The third-order valence-corrected chi connectivity index (χ3v) is 3.12. The molecule has 3 nitrogen and oxygen atoms in total. The summed E-state index contributed by atoms with van der Waals surface area (Å²) in [4.78, 5) is 4.31. The minimum Gasteiger partial charge on any atom is -0.307 e. The van der Waals surface area contributed by atoms with Gasteiger partial charge in [0.15, 0.2) is 0 Å². The van der Waals surface area contributed by atoms with E-state index in [0.717, 1.165) is 11.3 Å². The highest BCUT2D eigenvalue weighted by Gasteiger charge is 2.12. The molecule has 3 heteroatoms. The Morgan fingerprint density at radius 3 is 2.53 bits per heavy atom. The number of nitrogens with zero attached hydrogens (tertiary/aromatic N) is 2. The highest BCUT2D eigenvalue weighted by molar-refractivity contribution is 5.25. The van der Waals surface area contributed by atoms with Crippen LogP contribution in [0.2, 0.25) is 0 Å². The van der Waals surface area contributed by atoms with E-state index in [9.17, 15) is 5.26 Å². The van der Waals surface area contributed by atoms with Gasteiger partial charge < -0.3 is 5.32 Å². The van der Waals surface area contributed by atoms with E-state index in [1.54, 1.807) is 6.20 Å². The summed E-state index contributed by atoms with van der Waals surface area (Å²) in [5.74, 6) is -0.132. The van der Waals surface area contributed by atoms with Crippen LogP contribution in [0.1, 0.15) is 30.1 Å². The molecule has 0 saturated carbocycles. The molecule has 0 bridgehead atoms. The van der Waals surface area contributed by atoms with E-state index in [1.807, 2.05) is 48.5 Å². The molecule has 1 aromatic heterocycles. The maximum absolute atomic E-state index is 9.26. The molecule has 0 saturated heterocycles. The number of nitrogens with one attached hydrogen (secondary N) is 1. The Bertz CT molecular complexity index is 531. The zero-order valence-electron chi connectivity index (χ0n) is 11.0. The van der Waals surface area contributed by atoms with Crippen LogP contribution in [0, 0.1) is 11.3 Å². The van der Waals surface area contributed by atoms with Crippen LogP contribution in [0.25, 0.3) is 0 Å². The molecule has 1 aromatic carbocycles. The van der Waals surface area contributed by atoms with Crippen molar-refractivity contribution in [3.8, 4) is 6.07 Å². The summed E-state index contributed by atoms with van der Waals surface area (Å²) in [6.07, 6.45) is 1.78. The summed E-state index contributed by atoms with van der Waals surface area (Å²) in [5.41, 5.74) is 2.04. The van der Waals surface area contributed by atoms with Crippen LogP contribution >= 0.6 is 0 Å². The lowest BCUT2D eigenvalue weighted by Gasteiger charge is -2.16. The summed E-state index contributed by atoms with van der Waals surface area (Å²) in [6.45, 7) is 2.68. The summed E-state index contributed by atoms with van der Waals surface area (Å²) in [7, 11) is 0. The Morgan fingerprint density at radius 1 is 1.16 bits per heavy atom. The number of nitriles is 1. The molecule has 2 atom stereocenters. The Hall–Kier alpha value is -2.18. The fraction of sp³-hybridized carbons (Fsp3) is 0.250. The lowest BCUT2D eigenvalue weighted by atomic mass is 10.0. The highest BCUT2D eigenvalue weighted by Crippen LogP contribution is 2.15. The molecule has 0 amide bonds. The molecule has 1 N–H and O–H groups in total. The SMILES string of the molecule is C[C@@H](NCC(C#N)c1ccccc1)c1ccccn1. The second kappa shape index (κ2) is 6.67. The maximum Gasteiger partial charge on any atom is 0.0837 e. The van der Waals surface area contributed by atoms with Crippen molar-refractivity contribution in [2.24, 2.45) is 0 Å². The quantitative estimate of drug-likeness (QED) is 0.888. The van der Waals surface area contributed by atoms with Crippen molar-refractivity contribution in [2.75, 3.05) is 6.54 Å². The molecule has 0 aliphatic heterocycles. The van der Waals surface area contributed by atoms with Crippen molar-refractivity contribution in [1.82, 2.24) is 10.3 Å². The van der Waals surface area contributed by atoms with E-state index >= 15 is 0 Å². The monoisotopic (exact) mass is 251 g/mol. The number of benzene rings is 1. The molecule has 0 spiro atoms. The van der Waals surface area contributed by atoms with Gasteiger partial charge in [-0.25, -0.2) is 0 Å². The Balaban J connectivity index is 1.96. The number of hydrogen-bond donors (Lipinski definition) is 1. The molecule has 0 fully saturated rings. The van der Waals surface area contributed by atoms with Crippen LogP contribution in [0.15, 0.2) is 54.7 Å². The average molecular weight is 251 g/mol. The third kappa shape index (κ3) is 3.64. The van der Waals surface area contributed by atoms with Gasteiger partial charge >= 0.3 is 0 Å². The number of rotatable bonds is 5. The van der Waals surface area contributed by atoms with Crippen molar-refractivity contribution in [3.63, 3.8) is 0 Å². The van der Waals surface area contributed by atoms with Gasteiger partial charge in [-0.1, -0.05) is 36.4 Å². The third-order valence-electron chi connectivity index (χ3n) is 3.12.